The highest BCUT2D eigenvalue weighted by Gasteiger charge is 2.07. The third-order valence-corrected chi connectivity index (χ3v) is 5.11. The maximum absolute atomic E-state index is 5.84. The minimum atomic E-state index is 0.804. The van der Waals surface area contributed by atoms with Crippen LogP contribution in [0.1, 0.15) is 12.5 Å². The van der Waals surface area contributed by atoms with Gasteiger partial charge in [0.2, 0.25) is 0 Å². The van der Waals surface area contributed by atoms with Gasteiger partial charge in [-0.15, -0.1) is 0 Å². The van der Waals surface area contributed by atoms with E-state index in [0.29, 0.717) is 0 Å². The maximum Gasteiger partial charge on any atom is 0.126 e. The Balaban J connectivity index is 1.86. The second-order valence-corrected chi connectivity index (χ2v) is 7.32. The molecule has 0 saturated heterocycles. The summed E-state index contributed by atoms with van der Waals surface area (Å²) in [6, 6.07) is 25.9. The molecule has 3 nitrogen and oxygen atoms in total. The first-order chi connectivity index (χ1) is 13.6. The van der Waals surface area contributed by atoms with E-state index in [4.69, 9.17) is 14.5 Å². The molecule has 0 radical (unpaired) electrons. The lowest BCUT2D eigenvalue weighted by atomic mass is 10.2. The lowest BCUT2D eigenvalue weighted by Crippen LogP contribution is -1.97. The van der Waals surface area contributed by atoms with Gasteiger partial charge in [-0.2, -0.15) is 0 Å². The molecule has 0 N–H and O–H groups in total. The maximum atomic E-state index is 5.84. The van der Waals surface area contributed by atoms with Gasteiger partial charge in [0.05, 0.1) is 19.1 Å². The van der Waals surface area contributed by atoms with E-state index in [9.17, 15) is 0 Å². The van der Waals surface area contributed by atoms with Crippen molar-refractivity contribution in [2.45, 2.75) is 18.7 Å². The highest BCUT2D eigenvalue weighted by Crippen LogP contribution is 2.27. The van der Waals surface area contributed by atoms with Crippen LogP contribution < -0.4 is 9.47 Å². The average molecular weight is 390 g/mol. The van der Waals surface area contributed by atoms with Crippen LogP contribution in [0.2, 0.25) is 0 Å². The zero-order valence-electron chi connectivity index (χ0n) is 16.3. The molecular weight excluding hydrogens is 366 g/mol. The zero-order chi connectivity index (χ0) is 19.8. The number of nitrogens with zero attached hydrogens (tertiary/aromatic N) is 1. The van der Waals surface area contributed by atoms with Gasteiger partial charge < -0.3 is 9.47 Å². The summed E-state index contributed by atoms with van der Waals surface area (Å²) in [6.07, 6.45) is 1.75. The molecule has 0 amide bonds. The van der Waals surface area contributed by atoms with Gasteiger partial charge in [0, 0.05) is 10.5 Å². The number of methoxy groups -OCH3 is 1. The molecule has 0 spiro atoms. The molecule has 4 heteroatoms. The lowest BCUT2D eigenvalue weighted by molar-refractivity contribution is 0.415. The Morgan fingerprint density at radius 3 is 2.14 bits per heavy atom. The largest absolute Gasteiger partial charge is 0.497 e. The van der Waals surface area contributed by atoms with Crippen molar-refractivity contribution in [3.8, 4) is 11.5 Å². The van der Waals surface area contributed by atoms with Crippen molar-refractivity contribution < 1.29 is 9.47 Å². The SMILES string of the molecule is COc1ccc(N=C(Sc2ccccc2)/C(C)=C/Oc2ccc(C)cc2)cc1. The minimum absolute atomic E-state index is 0.804. The molecular formula is C24H23NO2S. The molecule has 0 aliphatic carbocycles. The molecule has 0 heterocycles. The minimum Gasteiger partial charge on any atom is -0.497 e. The van der Waals surface area contributed by atoms with Crippen molar-refractivity contribution in [3.05, 3.63) is 96.3 Å². The molecule has 28 heavy (non-hydrogen) atoms. The van der Waals surface area contributed by atoms with E-state index >= 15 is 0 Å². The predicted molar refractivity (Wildman–Crippen MR) is 118 cm³/mol. The molecule has 0 bridgehead atoms. The number of aliphatic imine (C=N–C) groups is 1. The highest BCUT2D eigenvalue weighted by atomic mass is 32.2. The summed E-state index contributed by atoms with van der Waals surface area (Å²) in [5, 5.41) is 0.878. The summed E-state index contributed by atoms with van der Waals surface area (Å²) in [7, 11) is 1.66. The first-order valence-corrected chi connectivity index (χ1v) is 9.82. The fraction of sp³-hybridized carbons (Fsp3) is 0.125. The van der Waals surface area contributed by atoms with Crippen LogP contribution >= 0.6 is 11.8 Å². The highest BCUT2D eigenvalue weighted by molar-refractivity contribution is 8.14. The molecule has 3 rings (SSSR count). The third kappa shape index (κ3) is 5.76. The van der Waals surface area contributed by atoms with E-state index in [-0.39, 0.29) is 0 Å². The van der Waals surface area contributed by atoms with Gasteiger partial charge in [-0.3, -0.25) is 0 Å². The Morgan fingerprint density at radius 1 is 0.857 bits per heavy atom. The van der Waals surface area contributed by atoms with Gasteiger partial charge in [-0.25, -0.2) is 4.99 Å². The van der Waals surface area contributed by atoms with E-state index in [0.717, 1.165) is 32.7 Å². The predicted octanol–water partition coefficient (Wildman–Crippen LogP) is 6.81. The Labute approximate surface area is 170 Å². The third-order valence-electron chi connectivity index (χ3n) is 3.99. The summed E-state index contributed by atoms with van der Waals surface area (Å²) >= 11 is 1.61. The quantitative estimate of drug-likeness (QED) is 0.201. The second-order valence-electron chi connectivity index (χ2n) is 6.26. The first kappa shape index (κ1) is 19.8. The summed E-state index contributed by atoms with van der Waals surface area (Å²) < 4.78 is 11.1. The number of ether oxygens (including phenoxy) is 2. The molecule has 3 aromatic carbocycles. The smallest absolute Gasteiger partial charge is 0.126 e. The number of hydrogen-bond donors (Lipinski definition) is 0. The van der Waals surface area contributed by atoms with Gasteiger partial charge in [0.25, 0.3) is 0 Å². The Hall–Kier alpha value is -2.98. The van der Waals surface area contributed by atoms with Crippen LogP contribution in [0, 0.1) is 6.92 Å². The van der Waals surface area contributed by atoms with Gasteiger partial charge >= 0.3 is 0 Å². The lowest BCUT2D eigenvalue weighted by Gasteiger charge is -2.09. The fourth-order valence-electron chi connectivity index (χ4n) is 2.39. The molecule has 0 fully saturated rings. The van der Waals surface area contributed by atoms with Gasteiger partial charge in [0.1, 0.15) is 16.5 Å². The average Bonchev–Trinajstić information content (AvgIpc) is 2.74. The van der Waals surface area contributed by atoms with Crippen molar-refractivity contribution in [3.63, 3.8) is 0 Å². The van der Waals surface area contributed by atoms with Crippen LogP contribution in [0.3, 0.4) is 0 Å². The van der Waals surface area contributed by atoms with E-state index < -0.39 is 0 Å². The van der Waals surface area contributed by atoms with Crippen LogP contribution in [0.25, 0.3) is 0 Å². The normalized spacial score (nSPS) is 12.0. The summed E-state index contributed by atoms with van der Waals surface area (Å²) in [4.78, 5) is 5.95. The van der Waals surface area contributed by atoms with Gasteiger partial charge in [0.15, 0.2) is 0 Å². The molecule has 0 aromatic heterocycles. The molecule has 0 saturated carbocycles. The molecule has 142 valence electrons. The van der Waals surface area contributed by atoms with Gasteiger partial charge in [-0.05, 0) is 62.4 Å². The van der Waals surface area contributed by atoms with Crippen LogP contribution in [0.5, 0.6) is 11.5 Å². The monoisotopic (exact) mass is 389 g/mol. The van der Waals surface area contributed by atoms with E-state index in [2.05, 4.69) is 19.1 Å². The number of aryl methyl sites for hydroxylation is 1. The van der Waals surface area contributed by atoms with Crippen LogP contribution in [-0.4, -0.2) is 12.2 Å². The van der Waals surface area contributed by atoms with Crippen molar-refractivity contribution in [1.29, 1.82) is 0 Å². The number of rotatable bonds is 6. The van der Waals surface area contributed by atoms with Crippen LogP contribution in [0.15, 0.2) is 101 Å². The summed E-state index contributed by atoms with van der Waals surface area (Å²) in [5.41, 5.74) is 3.02. The first-order valence-electron chi connectivity index (χ1n) is 9.00. The van der Waals surface area contributed by atoms with Crippen molar-refractivity contribution in [1.82, 2.24) is 0 Å². The van der Waals surface area contributed by atoms with E-state index in [1.807, 2.05) is 73.7 Å². The Bertz CT molecular complexity index is 946. The Morgan fingerprint density at radius 2 is 1.50 bits per heavy atom. The fourth-order valence-corrected chi connectivity index (χ4v) is 3.27. The van der Waals surface area contributed by atoms with Crippen molar-refractivity contribution in [2.75, 3.05) is 7.11 Å². The van der Waals surface area contributed by atoms with Crippen molar-refractivity contribution in [2.24, 2.45) is 4.99 Å². The number of thioether (sulfide) groups is 1. The Kier molecular flexibility index (Phi) is 6.93. The second kappa shape index (κ2) is 9.81. The summed E-state index contributed by atoms with van der Waals surface area (Å²) in [6.45, 7) is 4.06. The van der Waals surface area contributed by atoms with Crippen molar-refractivity contribution >= 4 is 22.5 Å². The van der Waals surface area contributed by atoms with Crippen LogP contribution in [-0.2, 0) is 0 Å². The molecule has 3 aromatic rings. The van der Waals surface area contributed by atoms with Gasteiger partial charge in [-0.1, -0.05) is 47.7 Å². The number of benzene rings is 3. The van der Waals surface area contributed by atoms with E-state index in [1.165, 1.54) is 5.56 Å². The van der Waals surface area contributed by atoms with E-state index in [1.54, 1.807) is 25.1 Å². The molecule has 0 atom stereocenters. The molecule has 0 aliphatic heterocycles. The number of hydrogen-bond acceptors (Lipinski definition) is 4. The standard InChI is InChI=1S/C24H23NO2S/c1-18-9-13-22(14-10-18)27-17-19(2)24(28-23-7-5-4-6-8-23)25-20-11-15-21(26-3)16-12-20/h4-17H,1-3H3/b19-17+,25-24?. The molecule has 0 unspecified atom stereocenters. The summed E-state index contributed by atoms with van der Waals surface area (Å²) in [5.74, 6) is 1.62. The zero-order valence-corrected chi connectivity index (χ0v) is 17.1. The van der Waals surface area contributed by atoms with Crippen LogP contribution in [0.4, 0.5) is 5.69 Å². The topological polar surface area (TPSA) is 30.8 Å². The molecule has 0 aliphatic rings.